The van der Waals surface area contributed by atoms with Crippen molar-refractivity contribution in [3.63, 3.8) is 0 Å². The van der Waals surface area contributed by atoms with Crippen LogP contribution in [0.3, 0.4) is 0 Å². The molecule has 0 heterocycles. The Morgan fingerprint density at radius 1 is 1.38 bits per heavy atom. The summed E-state index contributed by atoms with van der Waals surface area (Å²) in [5, 5.41) is 3.19. The van der Waals surface area contributed by atoms with E-state index in [1.165, 1.54) is 0 Å². The van der Waals surface area contributed by atoms with Crippen molar-refractivity contribution < 1.29 is 17.3 Å². The van der Waals surface area contributed by atoms with Gasteiger partial charge < -0.3 is 4.74 Å². The van der Waals surface area contributed by atoms with E-state index in [1.807, 2.05) is 0 Å². The standard InChI is InChI=1S/C5H9N3O4S/c1-13(9,10)12-5-4-11-3-2-7-8-6/h1H,2-5H2. The lowest BCUT2D eigenvalue weighted by molar-refractivity contribution is 0.108. The van der Waals surface area contributed by atoms with E-state index in [2.05, 4.69) is 20.5 Å². The summed E-state index contributed by atoms with van der Waals surface area (Å²) in [6.45, 7) is 0.358. The average molecular weight is 207 g/mol. The molecule has 0 aliphatic rings. The van der Waals surface area contributed by atoms with E-state index in [4.69, 9.17) is 10.3 Å². The second-order valence-electron chi connectivity index (χ2n) is 1.88. The summed E-state index contributed by atoms with van der Waals surface area (Å²) in [7, 11) is -3.88. The highest BCUT2D eigenvalue weighted by atomic mass is 32.2. The first-order valence-electron chi connectivity index (χ1n) is 3.32. The third kappa shape index (κ3) is 11.2. The van der Waals surface area contributed by atoms with Crippen molar-refractivity contribution in [3.8, 4) is 0 Å². The smallest absolute Gasteiger partial charge is 0.273 e. The monoisotopic (exact) mass is 207 g/mol. The Hall–Kier alpha value is -0.820. The molecule has 0 amide bonds. The van der Waals surface area contributed by atoms with Crippen molar-refractivity contribution in [1.82, 2.24) is 0 Å². The third-order valence-corrected chi connectivity index (χ3v) is 1.37. The zero-order valence-corrected chi connectivity index (χ0v) is 7.61. The predicted octanol–water partition coefficient (Wildman–Crippen LogP) is 0.328. The molecule has 0 rings (SSSR count). The van der Waals surface area contributed by atoms with Crippen molar-refractivity contribution in [2.24, 2.45) is 5.11 Å². The first-order valence-corrected chi connectivity index (χ1v) is 4.79. The zero-order chi connectivity index (χ0) is 10.2. The first kappa shape index (κ1) is 12.2. The van der Waals surface area contributed by atoms with Gasteiger partial charge in [0.1, 0.15) is 6.26 Å². The fraction of sp³-hybridized carbons (Fsp3) is 0.800. The van der Waals surface area contributed by atoms with E-state index in [0.717, 1.165) is 0 Å². The van der Waals surface area contributed by atoms with Gasteiger partial charge in [0, 0.05) is 11.5 Å². The molecule has 0 aromatic heterocycles. The molecule has 0 atom stereocenters. The Morgan fingerprint density at radius 3 is 2.62 bits per heavy atom. The van der Waals surface area contributed by atoms with Crippen LogP contribution in [0.25, 0.3) is 10.4 Å². The average Bonchev–Trinajstić information content (AvgIpc) is 2.01. The SMILES string of the molecule is [CH]S(=O)(=O)OCCOCCN=[N+]=[N-]. The van der Waals surface area contributed by atoms with Crippen molar-refractivity contribution in [3.05, 3.63) is 16.7 Å². The maximum atomic E-state index is 10.2. The maximum Gasteiger partial charge on any atom is 0.273 e. The summed E-state index contributed by atoms with van der Waals surface area (Å²) in [6.07, 6.45) is 4.53. The summed E-state index contributed by atoms with van der Waals surface area (Å²) in [4.78, 5) is 2.49. The quantitative estimate of drug-likeness (QED) is 0.197. The van der Waals surface area contributed by atoms with Crippen molar-refractivity contribution in [2.45, 2.75) is 0 Å². The fourth-order valence-corrected chi connectivity index (χ4v) is 0.762. The van der Waals surface area contributed by atoms with E-state index in [-0.39, 0.29) is 26.4 Å². The zero-order valence-electron chi connectivity index (χ0n) is 6.79. The predicted molar refractivity (Wildman–Crippen MR) is 44.0 cm³/mol. The second kappa shape index (κ2) is 6.67. The van der Waals surface area contributed by atoms with Crippen LogP contribution in [-0.4, -0.2) is 34.8 Å². The Balaban J connectivity index is 3.22. The summed E-state index contributed by atoms with van der Waals surface area (Å²) in [5.74, 6) is 0. The minimum absolute atomic E-state index is 0.0807. The Morgan fingerprint density at radius 2 is 2.08 bits per heavy atom. The van der Waals surface area contributed by atoms with Gasteiger partial charge in [-0.15, -0.1) is 0 Å². The number of hydrogen-bond donors (Lipinski definition) is 0. The Kier molecular flexibility index (Phi) is 6.25. The molecule has 8 heteroatoms. The molecule has 2 radical (unpaired) electrons. The summed E-state index contributed by atoms with van der Waals surface area (Å²) in [6, 6.07) is 0. The minimum atomic E-state index is -3.88. The molecular formula is C5H9N3O4S. The molecule has 0 N–H and O–H groups in total. The van der Waals surface area contributed by atoms with Gasteiger partial charge in [-0.25, -0.2) is 0 Å². The largest absolute Gasteiger partial charge is 0.379 e. The van der Waals surface area contributed by atoms with Crippen LogP contribution in [0.5, 0.6) is 0 Å². The first-order chi connectivity index (χ1) is 6.06. The molecule has 0 unspecified atom stereocenters. The molecule has 0 saturated carbocycles. The van der Waals surface area contributed by atoms with Gasteiger partial charge in [0.05, 0.1) is 19.8 Å². The number of hydrogen-bond acceptors (Lipinski definition) is 5. The van der Waals surface area contributed by atoms with Gasteiger partial charge in [-0.05, 0) is 5.53 Å². The normalized spacial score (nSPS) is 10.8. The molecule has 7 nitrogen and oxygen atoms in total. The van der Waals surface area contributed by atoms with Crippen LogP contribution in [0.2, 0.25) is 0 Å². The highest BCUT2D eigenvalue weighted by Gasteiger charge is 2.00. The van der Waals surface area contributed by atoms with Gasteiger partial charge in [0.15, 0.2) is 0 Å². The highest BCUT2D eigenvalue weighted by Crippen LogP contribution is 1.88. The lowest BCUT2D eigenvalue weighted by Gasteiger charge is -2.01. The maximum absolute atomic E-state index is 10.2. The van der Waals surface area contributed by atoms with Crippen LogP contribution in [0, 0.1) is 6.26 Å². The molecule has 0 aromatic rings. The van der Waals surface area contributed by atoms with E-state index in [1.54, 1.807) is 0 Å². The molecule has 74 valence electrons. The molecule has 0 saturated heterocycles. The lowest BCUT2D eigenvalue weighted by Crippen LogP contribution is -2.09. The van der Waals surface area contributed by atoms with E-state index < -0.39 is 10.1 Å². The van der Waals surface area contributed by atoms with E-state index in [0.29, 0.717) is 0 Å². The number of nitrogens with zero attached hydrogens (tertiary/aromatic N) is 3. The molecule has 0 aliphatic carbocycles. The Labute approximate surface area is 76.4 Å². The van der Waals surface area contributed by atoms with Crippen LogP contribution >= 0.6 is 0 Å². The molecule has 0 spiro atoms. The fourth-order valence-electron chi connectivity index (χ4n) is 0.461. The molecule has 0 bridgehead atoms. The number of azide groups is 1. The van der Waals surface area contributed by atoms with Gasteiger partial charge in [-0.2, -0.15) is 8.42 Å². The van der Waals surface area contributed by atoms with E-state index >= 15 is 0 Å². The van der Waals surface area contributed by atoms with Gasteiger partial charge >= 0.3 is 0 Å². The minimum Gasteiger partial charge on any atom is -0.379 e. The molecule has 0 aliphatic heterocycles. The molecule has 13 heavy (non-hydrogen) atoms. The lowest BCUT2D eigenvalue weighted by atomic mass is 10.7. The van der Waals surface area contributed by atoms with Gasteiger partial charge in [-0.3, -0.25) is 4.18 Å². The molecule has 0 fully saturated rings. The number of rotatable bonds is 7. The van der Waals surface area contributed by atoms with Gasteiger partial charge in [0.2, 0.25) is 0 Å². The Bertz CT molecular complexity index is 270. The van der Waals surface area contributed by atoms with Crippen molar-refractivity contribution in [1.29, 1.82) is 0 Å². The van der Waals surface area contributed by atoms with E-state index in [9.17, 15) is 8.42 Å². The van der Waals surface area contributed by atoms with Crippen molar-refractivity contribution in [2.75, 3.05) is 26.4 Å². The summed E-state index contributed by atoms with van der Waals surface area (Å²) in [5.41, 5.74) is 7.86. The van der Waals surface area contributed by atoms with Gasteiger partial charge in [0.25, 0.3) is 10.1 Å². The highest BCUT2D eigenvalue weighted by molar-refractivity contribution is 7.87. The molecular weight excluding hydrogens is 198 g/mol. The summed E-state index contributed by atoms with van der Waals surface area (Å²) < 4.78 is 29.4. The topological polar surface area (TPSA) is 101 Å². The molecule has 0 aromatic carbocycles. The van der Waals surface area contributed by atoms with Crippen LogP contribution in [-0.2, 0) is 19.0 Å². The second-order valence-corrected chi connectivity index (χ2v) is 3.10. The third-order valence-electron chi connectivity index (χ3n) is 0.874. The van der Waals surface area contributed by atoms with Crippen LogP contribution < -0.4 is 0 Å². The van der Waals surface area contributed by atoms with Gasteiger partial charge in [-0.1, -0.05) is 5.11 Å². The van der Waals surface area contributed by atoms with Crippen LogP contribution in [0.1, 0.15) is 0 Å². The van der Waals surface area contributed by atoms with Crippen molar-refractivity contribution >= 4 is 10.1 Å². The summed E-state index contributed by atoms with van der Waals surface area (Å²) >= 11 is 0. The van der Waals surface area contributed by atoms with Crippen LogP contribution in [0.15, 0.2) is 5.11 Å². The number of ether oxygens (including phenoxy) is 1. The van der Waals surface area contributed by atoms with Crippen LogP contribution in [0.4, 0.5) is 0 Å².